The van der Waals surface area contributed by atoms with E-state index in [1.165, 1.54) is 24.0 Å². The molecule has 1 aromatic rings. The fraction of sp³-hybridized carbons (Fsp3) is 0.474. The molecule has 0 heterocycles. The first kappa shape index (κ1) is 16.7. The zero-order chi connectivity index (χ0) is 13.7. The van der Waals surface area contributed by atoms with Gasteiger partial charge in [0.15, 0.2) is 0 Å². The maximum atomic E-state index is 3.75. The molecule has 1 aromatic carbocycles. The van der Waals surface area contributed by atoms with Gasteiger partial charge >= 0.3 is 0 Å². The summed E-state index contributed by atoms with van der Waals surface area (Å²) in [6, 6.07) is 11.1. The number of nitrogens with one attached hydrogen (secondary N) is 1. The van der Waals surface area contributed by atoms with Crippen LogP contribution in [-0.2, 0) is 6.42 Å². The van der Waals surface area contributed by atoms with Crippen molar-refractivity contribution in [2.75, 3.05) is 0 Å². The third-order valence-corrected chi connectivity index (χ3v) is 3.62. The molecule has 1 unspecified atom stereocenters. The van der Waals surface area contributed by atoms with Crippen LogP contribution in [0.4, 0.5) is 0 Å². The van der Waals surface area contributed by atoms with Crippen molar-refractivity contribution >= 4 is 0 Å². The van der Waals surface area contributed by atoms with E-state index in [1.54, 1.807) is 0 Å². The predicted octanol–water partition coefficient (Wildman–Crippen LogP) is 4.90. The first-order chi connectivity index (χ1) is 9.07. The minimum atomic E-state index is 0. The molecule has 1 aliphatic rings. The highest BCUT2D eigenvalue weighted by Crippen LogP contribution is 2.18. The van der Waals surface area contributed by atoms with Crippen LogP contribution < -0.4 is 5.32 Å². The summed E-state index contributed by atoms with van der Waals surface area (Å²) in [6.45, 7) is 6.82. The van der Waals surface area contributed by atoms with Crippen LogP contribution in [0.5, 0.6) is 0 Å². The molecule has 0 saturated carbocycles. The number of hydrogen-bond donors (Lipinski definition) is 1. The molecule has 0 radical (unpaired) electrons. The average molecular weight is 271 g/mol. The molecule has 0 bridgehead atoms. The molecule has 1 nitrogen and oxygen atoms in total. The zero-order valence-corrected chi connectivity index (χ0v) is 12.3. The van der Waals surface area contributed by atoms with Crippen molar-refractivity contribution in [3.8, 4) is 0 Å². The van der Waals surface area contributed by atoms with Crippen molar-refractivity contribution in [3.63, 3.8) is 0 Å². The van der Waals surface area contributed by atoms with Gasteiger partial charge in [-0.05, 0) is 51.2 Å². The lowest BCUT2D eigenvalue weighted by Gasteiger charge is -2.31. The van der Waals surface area contributed by atoms with Gasteiger partial charge in [-0.25, -0.2) is 0 Å². The molecule has 0 amide bonds. The second kappa shape index (κ2) is 7.44. The van der Waals surface area contributed by atoms with Gasteiger partial charge in [-0.2, -0.15) is 0 Å². The van der Waals surface area contributed by atoms with E-state index in [1.807, 2.05) is 0 Å². The number of allylic oxidation sites excluding steroid dienone is 2. The van der Waals surface area contributed by atoms with Gasteiger partial charge in [0.05, 0.1) is 0 Å². The van der Waals surface area contributed by atoms with Gasteiger partial charge in [-0.1, -0.05) is 56.0 Å². The Morgan fingerprint density at radius 2 is 1.85 bits per heavy atom. The maximum absolute atomic E-state index is 3.75. The third-order valence-electron chi connectivity index (χ3n) is 3.62. The molecule has 0 saturated heterocycles. The van der Waals surface area contributed by atoms with E-state index >= 15 is 0 Å². The van der Waals surface area contributed by atoms with E-state index in [0.717, 1.165) is 6.42 Å². The highest BCUT2D eigenvalue weighted by atomic mass is 15.0. The third kappa shape index (κ3) is 4.97. The largest absolute Gasteiger partial charge is 0.305 e. The van der Waals surface area contributed by atoms with Crippen LogP contribution in [0.25, 0.3) is 0 Å². The first-order valence-corrected chi connectivity index (χ1v) is 7.25. The highest BCUT2D eigenvalue weighted by Gasteiger charge is 2.21. The molecular weight excluding hydrogens is 242 g/mol. The molecule has 0 aliphatic heterocycles. The molecule has 0 aromatic heterocycles. The van der Waals surface area contributed by atoms with E-state index in [4.69, 9.17) is 0 Å². The Hall–Kier alpha value is -1.34. The van der Waals surface area contributed by atoms with E-state index in [-0.39, 0.29) is 13.0 Å². The van der Waals surface area contributed by atoms with Crippen molar-refractivity contribution < 1.29 is 0 Å². The summed E-state index contributed by atoms with van der Waals surface area (Å²) in [7, 11) is 0. The fourth-order valence-corrected chi connectivity index (χ4v) is 2.78. The Labute approximate surface area is 124 Å². The number of hydrogen-bond acceptors (Lipinski definition) is 1. The lowest BCUT2D eigenvalue weighted by atomic mass is 9.92. The van der Waals surface area contributed by atoms with Crippen LogP contribution >= 0.6 is 0 Å². The lowest BCUT2D eigenvalue weighted by molar-refractivity contribution is 0.362. The second-order valence-corrected chi connectivity index (χ2v) is 6.10. The summed E-state index contributed by atoms with van der Waals surface area (Å²) in [6.07, 6.45) is 10.3. The molecule has 110 valence electrons. The molecular formula is C19H29N. The molecule has 1 aliphatic carbocycles. The Kier molecular flexibility index (Phi) is 6.22. The van der Waals surface area contributed by atoms with Gasteiger partial charge < -0.3 is 5.32 Å². The smallest absolute Gasteiger partial charge is 0.0293 e. The van der Waals surface area contributed by atoms with E-state index < -0.39 is 0 Å². The Morgan fingerprint density at radius 1 is 1.15 bits per heavy atom. The van der Waals surface area contributed by atoms with E-state index in [0.29, 0.717) is 6.04 Å². The summed E-state index contributed by atoms with van der Waals surface area (Å²) in [5, 5.41) is 3.75. The molecule has 1 N–H and O–H groups in total. The normalized spacial score (nSPS) is 16.2. The molecule has 1 atom stereocenters. The first-order valence-electron chi connectivity index (χ1n) is 7.25. The van der Waals surface area contributed by atoms with Crippen molar-refractivity contribution in [2.24, 2.45) is 0 Å². The minimum Gasteiger partial charge on any atom is -0.305 e. The number of benzene rings is 1. The fourth-order valence-electron chi connectivity index (χ4n) is 2.78. The van der Waals surface area contributed by atoms with E-state index in [2.05, 4.69) is 74.6 Å². The van der Waals surface area contributed by atoms with Gasteiger partial charge in [-0.3, -0.25) is 0 Å². The van der Waals surface area contributed by atoms with Crippen molar-refractivity contribution in [1.29, 1.82) is 0 Å². The molecule has 1 heteroatoms. The van der Waals surface area contributed by atoms with E-state index in [9.17, 15) is 0 Å². The Balaban J connectivity index is 0.00000200. The SMILES string of the molecule is C.CC(NC(C)(C)Cc1ccccc1)C1=CCCC=C1. The van der Waals surface area contributed by atoms with Crippen LogP contribution in [0.3, 0.4) is 0 Å². The Bertz CT molecular complexity index is 454. The van der Waals surface area contributed by atoms with Crippen molar-refractivity contribution in [1.82, 2.24) is 5.32 Å². The average Bonchev–Trinajstić information content (AvgIpc) is 2.39. The Morgan fingerprint density at radius 3 is 2.45 bits per heavy atom. The molecule has 2 rings (SSSR count). The summed E-state index contributed by atoms with van der Waals surface area (Å²) in [5.74, 6) is 0. The van der Waals surface area contributed by atoms with Gasteiger partial charge in [0.25, 0.3) is 0 Å². The van der Waals surface area contributed by atoms with Gasteiger partial charge in [-0.15, -0.1) is 0 Å². The maximum Gasteiger partial charge on any atom is 0.0293 e. The summed E-state index contributed by atoms with van der Waals surface area (Å²) >= 11 is 0. The topological polar surface area (TPSA) is 12.0 Å². The van der Waals surface area contributed by atoms with Crippen LogP contribution in [0.1, 0.15) is 46.6 Å². The molecule has 0 fully saturated rings. The van der Waals surface area contributed by atoms with Crippen LogP contribution in [0.15, 0.2) is 54.1 Å². The van der Waals surface area contributed by atoms with Crippen LogP contribution in [0, 0.1) is 0 Å². The van der Waals surface area contributed by atoms with Crippen molar-refractivity contribution in [2.45, 2.75) is 59.0 Å². The summed E-state index contributed by atoms with van der Waals surface area (Å²) in [4.78, 5) is 0. The standard InChI is InChI=1S/C18H25N.CH4/c1-15(17-12-8-5-9-13-17)19-18(2,3)14-16-10-6-4-7-11-16;/h4,6-8,10-13,15,19H,5,9,14H2,1-3H3;1H4. The monoisotopic (exact) mass is 271 g/mol. The lowest BCUT2D eigenvalue weighted by Crippen LogP contribution is -2.47. The summed E-state index contributed by atoms with van der Waals surface area (Å²) < 4.78 is 0. The van der Waals surface area contributed by atoms with Gasteiger partial charge in [0, 0.05) is 11.6 Å². The van der Waals surface area contributed by atoms with Gasteiger partial charge in [0.2, 0.25) is 0 Å². The van der Waals surface area contributed by atoms with Crippen molar-refractivity contribution in [3.05, 3.63) is 59.7 Å². The predicted molar refractivity (Wildman–Crippen MR) is 90.0 cm³/mol. The van der Waals surface area contributed by atoms with Gasteiger partial charge in [0.1, 0.15) is 0 Å². The second-order valence-electron chi connectivity index (χ2n) is 6.10. The zero-order valence-electron chi connectivity index (χ0n) is 12.3. The minimum absolute atomic E-state index is 0. The highest BCUT2D eigenvalue weighted by molar-refractivity contribution is 5.27. The quantitative estimate of drug-likeness (QED) is 0.803. The number of rotatable bonds is 5. The molecule has 20 heavy (non-hydrogen) atoms. The van der Waals surface area contributed by atoms with Crippen LogP contribution in [0.2, 0.25) is 0 Å². The summed E-state index contributed by atoms with van der Waals surface area (Å²) in [5.41, 5.74) is 2.92. The van der Waals surface area contributed by atoms with Crippen LogP contribution in [-0.4, -0.2) is 11.6 Å². The molecule has 0 spiro atoms.